The van der Waals surface area contributed by atoms with Crippen molar-refractivity contribution in [2.75, 3.05) is 6.61 Å². The van der Waals surface area contributed by atoms with Crippen molar-refractivity contribution in [1.82, 2.24) is 0 Å². The summed E-state index contributed by atoms with van der Waals surface area (Å²) in [6.45, 7) is 0.703. The van der Waals surface area contributed by atoms with Gasteiger partial charge in [-0.2, -0.15) is 0 Å². The van der Waals surface area contributed by atoms with E-state index in [1.54, 1.807) is 23.5 Å². The second kappa shape index (κ2) is 3.41. The van der Waals surface area contributed by atoms with Crippen LogP contribution in [0.3, 0.4) is 0 Å². The molecule has 70 valence electrons. The van der Waals surface area contributed by atoms with Gasteiger partial charge >= 0.3 is 0 Å². The first-order valence-corrected chi connectivity index (χ1v) is 6.05. The molecular weight excluding hydrogens is 212 g/mol. The predicted molar refractivity (Wildman–Crippen MR) is 60.3 cm³/mol. The van der Waals surface area contributed by atoms with E-state index in [1.807, 2.05) is 0 Å². The zero-order chi connectivity index (χ0) is 9.38. The van der Waals surface area contributed by atoms with Crippen LogP contribution in [-0.4, -0.2) is 6.61 Å². The van der Waals surface area contributed by atoms with E-state index in [0.717, 1.165) is 5.09 Å². The Labute approximate surface area is 91.2 Å². The molecular formula is C11H8OS2. The molecule has 2 aliphatic heterocycles. The summed E-state index contributed by atoms with van der Waals surface area (Å²) in [6, 6.07) is 8.43. The number of ether oxygens (including phenoxy) is 1. The molecule has 0 bridgehead atoms. The Balaban J connectivity index is 2.03. The molecule has 0 amide bonds. The second-order valence-electron chi connectivity index (χ2n) is 3.02. The Bertz CT molecular complexity index is 435. The van der Waals surface area contributed by atoms with Crippen LogP contribution in [0, 0.1) is 0 Å². The molecule has 0 N–H and O–H groups in total. The third-order valence-corrected chi connectivity index (χ3v) is 4.53. The van der Waals surface area contributed by atoms with Gasteiger partial charge in [0.25, 0.3) is 0 Å². The van der Waals surface area contributed by atoms with E-state index in [2.05, 4.69) is 36.4 Å². The van der Waals surface area contributed by atoms with Crippen molar-refractivity contribution in [2.45, 2.75) is 9.79 Å². The number of allylic oxidation sites excluding steroid dienone is 1. The summed E-state index contributed by atoms with van der Waals surface area (Å²) >= 11 is 3.51. The lowest BCUT2D eigenvalue weighted by atomic mass is 10.4. The summed E-state index contributed by atoms with van der Waals surface area (Å²) < 4.78 is 5.57. The maximum Gasteiger partial charge on any atom is 0.172 e. The molecule has 3 rings (SSSR count). The maximum absolute atomic E-state index is 5.57. The normalized spacial score (nSPS) is 18.6. The van der Waals surface area contributed by atoms with E-state index >= 15 is 0 Å². The molecule has 1 aromatic carbocycles. The lowest BCUT2D eigenvalue weighted by Gasteiger charge is -2.21. The zero-order valence-electron chi connectivity index (χ0n) is 7.40. The quantitative estimate of drug-likeness (QED) is 0.660. The van der Waals surface area contributed by atoms with Crippen LogP contribution < -0.4 is 0 Å². The predicted octanol–water partition coefficient (Wildman–Crippen LogP) is 3.64. The molecule has 2 heterocycles. The van der Waals surface area contributed by atoms with Gasteiger partial charge in [-0.3, -0.25) is 0 Å². The average molecular weight is 220 g/mol. The highest BCUT2D eigenvalue weighted by molar-refractivity contribution is 8.09. The first-order valence-electron chi connectivity index (χ1n) is 4.42. The third-order valence-electron chi connectivity index (χ3n) is 2.05. The lowest BCUT2D eigenvalue weighted by Crippen LogP contribution is -2.00. The molecule has 0 fully saturated rings. The first kappa shape index (κ1) is 8.50. The van der Waals surface area contributed by atoms with Gasteiger partial charge in [0.1, 0.15) is 6.61 Å². The summed E-state index contributed by atoms with van der Waals surface area (Å²) in [5, 5.41) is 1.05. The van der Waals surface area contributed by atoms with Gasteiger partial charge in [0.05, 0.1) is 4.91 Å². The van der Waals surface area contributed by atoms with Crippen LogP contribution in [0.4, 0.5) is 0 Å². The molecule has 14 heavy (non-hydrogen) atoms. The van der Waals surface area contributed by atoms with Crippen molar-refractivity contribution in [1.29, 1.82) is 0 Å². The van der Waals surface area contributed by atoms with Gasteiger partial charge in [0, 0.05) is 9.79 Å². The van der Waals surface area contributed by atoms with Gasteiger partial charge in [-0.15, -0.1) is 0 Å². The number of hydrogen-bond donors (Lipinski definition) is 0. The summed E-state index contributed by atoms with van der Waals surface area (Å²) in [5.74, 6) is 0. The molecule has 0 saturated carbocycles. The largest absolute Gasteiger partial charge is 0.482 e. The first-order chi connectivity index (χ1) is 6.93. The minimum Gasteiger partial charge on any atom is -0.482 e. The van der Waals surface area contributed by atoms with Gasteiger partial charge < -0.3 is 4.74 Å². The SMILES string of the molecule is C1=CC2=C(OC1)Sc1ccccc1S2. The highest BCUT2D eigenvalue weighted by Gasteiger charge is 2.20. The van der Waals surface area contributed by atoms with Gasteiger partial charge in [-0.05, 0) is 24.3 Å². The Morgan fingerprint density at radius 2 is 1.86 bits per heavy atom. The van der Waals surface area contributed by atoms with Crippen LogP contribution in [0.25, 0.3) is 0 Å². The summed E-state index contributed by atoms with van der Waals surface area (Å²) in [6.07, 6.45) is 4.20. The topological polar surface area (TPSA) is 9.23 Å². The lowest BCUT2D eigenvalue weighted by molar-refractivity contribution is 0.272. The van der Waals surface area contributed by atoms with Crippen LogP contribution >= 0.6 is 23.5 Å². The fourth-order valence-corrected chi connectivity index (χ4v) is 3.58. The molecule has 0 saturated heterocycles. The van der Waals surface area contributed by atoms with Crippen molar-refractivity contribution in [3.63, 3.8) is 0 Å². The van der Waals surface area contributed by atoms with Crippen LogP contribution in [-0.2, 0) is 4.74 Å². The van der Waals surface area contributed by atoms with Crippen molar-refractivity contribution in [3.05, 3.63) is 46.4 Å². The Morgan fingerprint density at radius 1 is 1.07 bits per heavy atom. The van der Waals surface area contributed by atoms with E-state index in [0.29, 0.717) is 6.61 Å². The molecule has 0 aromatic heterocycles. The van der Waals surface area contributed by atoms with Crippen LogP contribution in [0.1, 0.15) is 0 Å². The number of thioether (sulfide) groups is 2. The number of benzene rings is 1. The molecule has 0 radical (unpaired) electrons. The summed E-state index contributed by atoms with van der Waals surface area (Å²) in [7, 11) is 0. The van der Waals surface area contributed by atoms with Crippen LogP contribution in [0.15, 0.2) is 56.2 Å². The molecule has 1 aromatic rings. The van der Waals surface area contributed by atoms with E-state index in [4.69, 9.17) is 4.74 Å². The van der Waals surface area contributed by atoms with E-state index in [1.165, 1.54) is 14.7 Å². The van der Waals surface area contributed by atoms with E-state index < -0.39 is 0 Å². The fraction of sp³-hybridized carbons (Fsp3) is 0.0909. The monoisotopic (exact) mass is 220 g/mol. The van der Waals surface area contributed by atoms with Gasteiger partial charge in [-0.1, -0.05) is 35.7 Å². The Hall–Kier alpha value is -0.800. The molecule has 0 atom stereocenters. The molecule has 0 unspecified atom stereocenters. The maximum atomic E-state index is 5.57. The minimum atomic E-state index is 0.703. The number of rotatable bonds is 0. The molecule has 0 aliphatic carbocycles. The van der Waals surface area contributed by atoms with Crippen molar-refractivity contribution < 1.29 is 4.74 Å². The van der Waals surface area contributed by atoms with E-state index in [9.17, 15) is 0 Å². The smallest absolute Gasteiger partial charge is 0.172 e. The summed E-state index contributed by atoms with van der Waals surface area (Å²) in [5.41, 5.74) is 0. The Morgan fingerprint density at radius 3 is 2.71 bits per heavy atom. The van der Waals surface area contributed by atoms with Crippen molar-refractivity contribution >= 4 is 23.5 Å². The van der Waals surface area contributed by atoms with Gasteiger partial charge in [0.15, 0.2) is 5.09 Å². The van der Waals surface area contributed by atoms with Crippen LogP contribution in [0.5, 0.6) is 0 Å². The van der Waals surface area contributed by atoms with Gasteiger partial charge in [-0.25, -0.2) is 0 Å². The second-order valence-corrected chi connectivity index (χ2v) is 5.11. The minimum absolute atomic E-state index is 0.703. The molecule has 3 heteroatoms. The van der Waals surface area contributed by atoms with Crippen molar-refractivity contribution in [2.24, 2.45) is 0 Å². The zero-order valence-corrected chi connectivity index (χ0v) is 9.03. The third kappa shape index (κ3) is 1.37. The standard InChI is InChI=1S/C11H8OS2/c1-2-5-9-8(4-1)13-10-6-3-7-12-11(10)14-9/h1-6H,7H2. The number of hydrogen-bond acceptors (Lipinski definition) is 3. The average Bonchev–Trinajstić information content (AvgIpc) is 2.26. The van der Waals surface area contributed by atoms with Crippen LogP contribution in [0.2, 0.25) is 0 Å². The number of fused-ring (bicyclic) bond motifs is 1. The summed E-state index contributed by atoms with van der Waals surface area (Å²) in [4.78, 5) is 3.86. The molecule has 2 aliphatic rings. The Kier molecular flexibility index (Phi) is 2.07. The van der Waals surface area contributed by atoms with E-state index in [-0.39, 0.29) is 0 Å². The van der Waals surface area contributed by atoms with Gasteiger partial charge in [0.2, 0.25) is 0 Å². The molecule has 0 spiro atoms. The van der Waals surface area contributed by atoms with Crippen molar-refractivity contribution in [3.8, 4) is 0 Å². The highest BCUT2D eigenvalue weighted by atomic mass is 32.2. The molecule has 1 nitrogen and oxygen atoms in total. The fourth-order valence-electron chi connectivity index (χ4n) is 1.41. The highest BCUT2D eigenvalue weighted by Crippen LogP contribution is 2.48.